The molecule has 1 atom stereocenters. The van der Waals surface area contributed by atoms with Crippen molar-refractivity contribution in [3.8, 4) is 11.4 Å². The van der Waals surface area contributed by atoms with Crippen LogP contribution in [0.25, 0.3) is 11.4 Å². The first-order chi connectivity index (χ1) is 14.9. The minimum atomic E-state index is 0.00761. The number of hydrogen-bond donors (Lipinski definition) is 0. The molecule has 3 aromatic rings. The third kappa shape index (κ3) is 4.14. The Kier molecular flexibility index (Phi) is 5.96. The van der Waals surface area contributed by atoms with E-state index in [9.17, 15) is 4.79 Å². The number of piperazine rings is 1. The van der Waals surface area contributed by atoms with Crippen LogP contribution < -0.4 is 0 Å². The van der Waals surface area contributed by atoms with E-state index in [2.05, 4.69) is 47.3 Å². The second-order valence-corrected chi connectivity index (χ2v) is 8.57. The van der Waals surface area contributed by atoms with Gasteiger partial charge in [0.1, 0.15) is 0 Å². The van der Waals surface area contributed by atoms with E-state index in [0.717, 1.165) is 35.6 Å². The molecule has 0 bridgehead atoms. The zero-order valence-electron chi connectivity index (χ0n) is 19.0. The summed E-state index contributed by atoms with van der Waals surface area (Å²) in [6.45, 7) is 13.4. The van der Waals surface area contributed by atoms with Crippen molar-refractivity contribution in [3.05, 3.63) is 59.2 Å². The zero-order valence-corrected chi connectivity index (χ0v) is 19.0. The van der Waals surface area contributed by atoms with Crippen LogP contribution in [0, 0.1) is 13.8 Å². The summed E-state index contributed by atoms with van der Waals surface area (Å²) in [6.07, 6.45) is 0. The molecule has 0 radical (unpaired) electrons. The van der Waals surface area contributed by atoms with Gasteiger partial charge in [-0.3, -0.25) is 9.69 Å². The second-order valence-electron chi connectivity index (χ2n) is 8.57. The normalized spacial score (nSPS) is 16.1. The standard InChI is InChI=1S/C24H31N5O2/c1-16(2)29-17(3)15-21(18(29)4)24(30)28-13-11-27(12-14-28)19(5)23-25-22(26-31-23)20-9-7-6-8-10-20/h6-10,15-16,19H,11-14H2,1-5H3. The first kappa shape index (κ1) is 21.3. The SMILES string of the molecule is Cc1cc(C(=O)N2CCN(C(C)c3nc(-c4ccccc4)no3)CC2)c(C)n1C(C)C. The lowest BCUT2D eigenvalue weighted by atomic mass is 10.1. The first-order valence-corrected chi connectivity index (χ1v) is 11.0. The van der Waals surface area contributed by atoms with Crippen molar-refractivity contribution in [2.45, 2.75) is 46.7 Å². The molecule has 1 fully saturated rings. The van der Waals surface area contributed by atoms with Crippen LogP contribution in [-0.4, -0.2) is 56.6 Å². The Morgan fingerprint density at radius 3 is 2.32 bits per heavy atom. The van der Waals surface area contributed by atoms with Crippen molar-refractivity contribution in [2.75, 3.05) is 26.2 Å². The number of aromatic nitrogens is 3. The van der Waals surface area contributed by atoms with Crippen molar-refractivity contribution in [2.24, 2.45) is 0 Å². The summed E-state index contributed by atoms with van der Waals surface area (Å²) in [4.78, 5) is 22.0. The smallest absolute Gasteiger partial charge is 0.255 e. The van der Waals surface area contributed by atoms with Gasteiger partial charge in [0.05, 0.1) is 11.6 Å². The maximum absolute atomic E-state index is 13.2. The van der Waals surface area contributed by atoms with E-state index in [0.29, 0.717) is 30.8 Å². The molecule has 1 saturated heterocycles. The highest BCUT2D eigenvalue weighted by atomic mass is 16.5. The molecule has 31 heavy (non-hydrogen) atoms. The fourth-order valence-electron chi connectivity index (χ4n) is 4.54. The molecule has 3 heterocycles. The van der Waals surface area contributed by atoms with Gasteiger partial charge in [-0.05, 0) is 40.7 Å². The molecule has 1 aliphatic heterocycles. The molecule has 1 aromatic carbocycles. The molecular weight excluding hydrogens is 390 g/mol. The molecule has 0 aliphatic carbocycles. The van der Waals surface area contributed by atoms with E-state index in [1.807, 2.05) is 48.2 Å². The summed E-state index contributed by atoms with van der Waals surface area (Å²) >= 11 is 0. The van der Waals surface area contributed by atoms with Crippen LogP contribution in [-0.2, 0) is 0 Å². The summed E-state index contributed by atoms with van der Waals surface area (Å²) in [5, 5.41) is 4.14. The minimum Gasteiger partial charge on any atom is -0.346 e. The van der Waals surface area contributed by atoms with Crippen molar-refractivity contribution in [1.29, 1.82) is 0 Å². The largest absolute Gasteiger partial charge is 0.346 e. The van der Waals surface area contributed by atoms with Crippen molar-refractivity contribution in [1.82, 2.24) is 24.5 Å². The lowest BCUT2D eigenvalue weighted by Gasteiger charge is -2.36. The summed E-state index contributed by atoms with van der Waals surface area (Å²) in [5.41, 5.74) is 3.94. The van der Waals surface area contributed by atoms with Crippen LogP contribution in [0.3, 0.4) is 0 Å². The van der Waals surface area contributed by atoms with Gasteiger partial charge >= 0.3 is 0 Å². The highest BCUT2D eigenvalue weighted by Gasteiger charge is 2.29. The van der Waals surface area contributed by atoms with Crippen molar-refractivity contribution in [3.63, 3.8) is 0 Å². The van der Waals surface area contributed by atoms with Gasteiger partial charge in [-0.1, -0.05) is 35.5 Å². The number of amides is 1. The van der Waals surface area contributed by atoms with Crippen LogP contribution >= 0.6 is 0 Å². The van der Waals surface area contributed by atoms with E-state index in [1.54, 1.807) is 0 Å². The Morgan fingerprint density at radius 1 is 1.03 bits per heavy atom. The first-order valence-electron chi connectivity index (χ1n) is 11.0. The number of nitrogens with zero attached hydrogens (tertiary/aromatic N) is 5. The van der Waals surface area contributed by atoms with Gasteiger partial charge < -0.3 is 14.0 Å². The van der Waals surface area contributed by atoms with E-state index < -0.39 is 0 Å². The average Bonchev–Trinajstić information content (AvgIpc) is 3.38. The van der Waals surface area contributed by atoms with Crippen LogP contribution in [0.15, 0.2) is 40.9 Å². The molecule has 164 valence electrons. The number of carbonyl (C=O) groups excluding carboxylic acids is 1. The lowest BCUT2D eigenvalue weighted by molar-refractivity contribution is 0.0551. The molecule has 7 nitrogen and oxygen atoms in total. The van der Waals surface area contributed by atoms with E-state index in [-0.39, 0.29) is 11.9 Å². The zero-order chi connectivity index (χ0) is 22.1. The van der Waals surface area contributed by atoms with Crippen molar-refractivity contribution < 1.29 is 9.32 Å². The van der Waals surface area contributed by atoms with Gasteiger partial charge in [-0.2, -0.15) is 4.98 Å². The quantitative estimate of drug-likeness (QED) is 0.616. The predicted molar refractivity (Wildman–Crippen MR) is 120 cm³/mol. The second kappa shape index (κ2) is 8.67. The lowest BCUT2D eigenvalue weighted by Crippen LogP contribution is -2.49. The maximum Gasteiger partial charge on any atom is 0.255 e. The molecule has 4 rings (SSSR count). The van der Waals surface area contributed by atoms with Crippen LogP contribution in [0.4, 0.5) is 0 Å². The third-order valence-electron chi connectivity index (χ3n) is 6.21. The molecule has 1 aliphatic rings. The topological polar surface area (TPSA) is 67.4 Å². The molecule has 1 amide bonds. The number of carbonyl (C=O) groups is 1. The fourth-order valence-corrected chi connectivity index (χ4v) is 4.54. The van der Waals surface area contributed by atoms with E-state index in [1.165, 1.54) is 0 Å². The molecule has 2 aromatic heterocycles. The predicted octanol–water partition coefficient (Wildman–Crippen LogP) is 4.25. The van der Waals surface area contributed by atoms with Crippen LogP contribution in [0.5, 0.6) is 0 Å². The molecule has 7 heteroatoms. The third-order valence-corrected chi connectivity index (χ3v) is 6.21. The number of benzene rings is 1. The highest BCUT2D eigenvalue weighted by Crippen LogP contribution is 2.25. The summed E-state index contributed by atoms with van der Waals surface area (Å²) < 4.78 is 7.77. The molecule has 0 spiro atoms. The minimum absolute atomic E-state index is 0.00761. The fraction of sp³-hybridized carbons (Fsp3) is 0.458. The van der Waals surface area contributed by atoms with Gasteiger partial charge in [0.15, 0.2) is 0 Å². The van der Waals surface area contributed by atoms with Gasteiger partial charge in [-0.25, -0.2) is 0 Å². The van der Waals surface area contributed by atoms with Gasteiger partial charge in [0, 0.05) is 49.2 Å². The Bertz CT molecular complexity index is 1050. The monoisotopic (exact) mass is 421 g/mol. The molecular formula is C24H31N5O2. The van der Waals surface area contributed by atoms with Crippen LogP contribution in [0.1, 0.15) is 60.5 Å². The Morgan fingerprint density at radius 2 is 1.71 bits per heavy atom. The molecule has 0 N–H and O–H groups in total. The summed E-state index contributed by atoms with van der Waals surface area (Å²) in [7, 11) is 0. The summed E-state index contributed by atoms with van der Waals surface area (Å²) in [6, 6.07) is 12.2. The highest BCUT2D eigenvalue weighted by molar-refractivity contribution is 5.95. The number of rotatable bonds is 5. The Labute approximate surface area is 183 Å². The summed E-state index contributed by atoms with van der Waals surface area (Å²) in [5.74, 6) is 1.34. The average molecular weight is 422 g/mol. The maximum atomic E-state index is 13.2. The molecule has 0 saturated carbocycles. The van der Waals surface area contributed by atoms with Gasteiger partial charge in [0.2, 0.25) is 11.7 Å². The van der Waals surface area contributed by atoms with E-state index >= 15 is 0 Å². The number of hydrogen-bond acceptors (Lipinski definition) is 5. The Hall–Kier alpha value is -2.93. The van der Waals surface area contributed by atoms with Gasteiger partial charge in [-0.15, -0.1) is 0 Å². The van der Waals surface area contributed by atoms with Crippen molar-refractivity contribution >= 4 is 5.91 Å². The van der Waals surface area contributed by atoms with Crippen LogP contribution in [0.2, 0.25) is 0 Å². The van der Waals surface area contributed by atoms with E-state index in [4.69, 9.17) is 4.52 Å². The Balaban J connectivity index is 1.40. The van der Waals surface area contributed by atoms with Gasteiger partial charge in [0.25, 0.3) is 5.91 Å². The number of aryl methyl sites for hydroxylation is 1. The molecule has 1 unspecified atom stereocenters.